The van der Waals surface area contributed by atoms with Crippen LogP contribution in [0.1, 0.15) is 43.1 Å². The number of nitrogens with one attached hydrogen (secondary N) is 1. The van der Waals surface area contributed by atoms with Crippen molar-refractivity contribution in [1.82, 2.24) is 10.2 Å². The van der Waals surface area contributed by atoms with E-state index in [2.05, 4.69) is 10.1 Å². The van der Waals surface area contributed by atoms with Crippen LogP contribution in [0.25, 0.3) is 0 Å². The Balaban J connectivity index is 2.12. The van der Waals surface area contributed by atoms with E-state index in [1.807, 2.05) is 13.8 Å². The van der Waals surface area contributed by atoms with Crippen LogP contribution < -0.4 is 5.32 Å². The second-order valence-corrected chi connectivity index (χ2v) is 6.44. The van der Waals surface area contributed by atoms with Gasteiger partial charge in [-0.05, 0) is 37.0 Å². The number of imide groups is 1. The number of nitrogens with zero attached hydrogens (tertiary/aromatic N) is 1. The number of methoxy groups -OCH3 is 1. The quantitative estimate of drug-likeness (QED) is 0.668. The number of hydrogen-bond donors (Lipinski definition) is 1. The van der Waals surface area contributed by atoms with Crippen molar-refractivity contribution in [3.05, 3.63) is 35.4 Å². The summed E-state index contributed by atoms with van der Waals surface area (Å²) in [6, 6.07) is 6.28. The van der Waals surface area contributed by atoms with E-state index in [4.69, 9.17) is 0 Å². The molecule has 0 radical (unpaired) electrons. The minimum Gasteiger partial charge on any atom is -0.465 e. The zero-order chi connectivity index (χ0) is 17.2. The van der Waals surface area contributed by atoms with Gasteiger partial charge in [-0.2, -0.15) is 0 Å². The molecule has 124 valence electrons. The summed E-state index contributed by atoms with van der Waals surface area (Å²) in [4.78, 5) is 37.3. The van der Waals surface area contributed by atoms with Gasteiger partial charge in [-0.15, -0.1) is 0 Å². The molecule has 3 amide bonds. The van der Waals surface area contributed by atoms with Gasteiger partial charge in [0.05, 0.1) is 19.2 Å². The van der Waals surface area contributed by atoms with Gasteiger partial charge in [-0.1, -0.05) is 26.0 Å². The minimum absolute atomic E-state index is 0.180. The predicted octanol–water partition coefficient (Wildman–Crippen LogP) is 2.33. The Kier molecular flexibility index (Phi) is 4.73. The van der Waals surface area contributed by atoms with Gasteiger partial charge in [-0.25, -0.2) is 9.59 Å². The molecule has 1 aliphatic rings. The van der Waals surface area contributed by atoms with Crippen LogP contribution in [0.3, 0.4) is 0 Å². The van der Waals surface area contributed by atoms with Crippen LogP contribution in [-0.4, -0.2) is 35.5 Å². The standard InChI is InChI=1S/C17H22N2O4/c1-11(2)9-17(3)15(21)19(16(22)18-17)10-12-5-7-13(8-6-12)14(20)23-4/h5-8,11H,9-10H2,1-4H3,(H,18,22). The van der Waals surface area contributed by atoms with Crippen molar-refractivity contribution in [2.24, 2.45) is 5.92 Å². The molecule has 23 heavy (non-hydrogen) atoms. The van der Waals surface area contributed by atoms with Gasteiger partial charge in [0.2, 0.25) is 0 Å². The molecule has 2 rings (SSSR count). The van der Waals surface area contributed by atoms with Crippen molar-refractivity contribution in [2.45, 2.75) is 39.3 Å². The Morgan fingerprint density at radius 3 is 2.39 bits per heavy atom. The SMILES string of the molecule is COC(=O)c1ccc(CN2C(=O)NC(C)(CC(C)C)C2=O)cc1. The van der Waals surface area contributed by atoms with Crippen LogP contribution in [0, 0.1) is 5.92 Å². The summed E-state index contributed by atoms with van der Waals surface area (Å²) in [7, 11) is 1.32. The summed E-state index contributed by atoms with van der Waals surface area (Å²) in [5.41, 5.74) is 0.352. The first kappa shape index (κ1) is 17.0. The molecule has 1 aromatic carbocycles. The molecular weight excluding hydrogens is 296 g/mol. The molecular formula is C17H22N2O4. The lowest BCUT2D eigenvalue weighted by Gasteiger charge is -2.23. The second-order valence-electron chi connectivity index (χ2n) is 6.44. The third kappa shape index (κ3) is 3.52. The second kappa shape index (κ2) is 6.40. The van der Waals surface area contributed by atoms with Crippen molar-refractivity contribution < 1.29 is 19.1 Å². The van der Waals surface area contributed by atoms with E-state index in [1.165, 1.54) is 12.0 Å². The first-order valence-corrected chi connectivity index (χ1v) is 7.58. The van der Waals surface area contributed by atoms with Gasteiger partial charge < -0.3 is 10.1 Å². The van der Waals surface area contributed by atoms with E-state index in [0.29, 0.717) is 17.9 Å². The monoisotopic (exact) mass is 318 g/mol. The van der Waals surface area contributed by atoms with Crippen LogP contribution in [0.4, 0.5) is 4.79 Å². The number of esters is 1. The molecule has 1 atom stereocenters. The summed E-state index contributed by atoms with van der Waals surface area (Å²) in [6.07, 6.45) is 0.593. The van der Waals surface area contributed by atoms with Gasteiger partial charge in [0, 0.05) is 0 Å². The van der Waals surface area contributed by atoms with Crippen molar-refractivity contribution in [3.63, 3.8) is 0 Å². The van der Waals surface area contributed by atoms with Gasteiger partial charge >= 0.3 is 12.0 Å². The normalized spacial score (nSPS) is 20.8. The van der Waals surface area contributed by atoms with Crippen molar-refractivity contribution in [3.8, 4) is 0 Å². The number of hydrogen-bond acceptors (Lipinski definition) is 4. The lowest BCUT2D eigenvalue weighted by Crippen LogP contribution is -2.44. The van der Waals surface area contributed by atoms with E-state index in [9.17, 15) is 14.4 Å². The van der Waals surface area contributed by atoms with Crippen molar-refractivity contribution in [2.75, 3.05) is 7.11 Å². The Morgan fingerprint density at radius 1 is 1.26 bits per heavy atom. The molecule has 1 N–H and O–H groups in total. The highest BCUT2D eigenvalue weighted by molar-refractivity contribution is 6.06. The molecule has 1 heterocycles. The molecule has 0 saturated carbocycles. The van der Waals surface area contributed by atoms with E-state index in [-0.39, 0.29) is 18.5 Å². The van der Waals surface area contributed by atoms with Crippen LogP contribution in [0.15, 0.2) is 24.3 Å². The fourth-order valence-electron chi connectivity index (χ4n) is 2.89. The Labute approximate surface area is 135 Å². The Bertz CT molecular complexity index is 624. The molecule has 0 spiro atoms. The predicted molar refractivity (Wildman–Crippen MR) is 84.7 cm³/mol. The lowest BCUT2D eigenvalue weighted by atomic mass is 9.91. The van der Waals surface area contributed by atoms with Crippen LogP contribution >= 0.6 is 0 Å². The topological polar surface area (TPSA) is 75.7 Å². The van der Waals surface area contributed by atoms with Gasteiger partial charge in [0.1, 0.15) is 5.54 Å². The van der Waals surface area contributed by atoms with Gasteiger partial charge in [0.25, 0.3) is 5.91 Å². The average molecular weight is 318 g/mol. The van der Waals surface area contributed by atoms with E-state index in [1.54, 1.807) is 31.2 Å². The Morgan fingerprint density at radius 2 is 1.87 bits per heavy atom. The molecule has 0 aliphatic carbocycles. The van der Waals surface area contributed by atoms with Crippen molar-refractivity contribution >= 4 is 17.9 Å². The maximum atomic E-state index is 12.6. The number of carbonyl (C=O) groups is 3. The zero-order valence-corrected chi connectivity index (χ0v) is 13.9. The summed E-state index contributed by atoms with van der Waals surface area (Å²) in [5.74, 6) is -0.340. The lowest BCUT2D eigenvalue weighted by molar-refractivity contribution is -0.131. The molecule has 1 saturated heterocycles. The van der Waals surface area contributed by atoms with Crippen LogP contribution in [0.2, 0.25) is 0 Å². The highest BCUT2D eigenvalue weighted by Gasteiger charge is 2.47. The first-order valence-electron chi connectivity index (χ1n) is 7.58. The van der Waals surface area contributed by atoms with E-state index in [0.717, 1.165) is 5.56 Å². The van der Waals surface area contributed by atoms with Crippen molar-refractivity contribution in [1.29, 1.82) is 0 Å². The van der Waals surface area contributed by atoms with Crippen LogP contribution in [0.5, 0.6) is 0 Å². The number of ether oxygens (including phenoxy) is 1. The molecule has 6 heteroatoms. The molecule has 0 bridgehead atoms. The number of rotatable bonds is 5. The highest BCUT2D eigenvalue weighted by Crippen LogP contribution is 2.26. The zero-order valence-electron chi connectivity index (χ0n) is 13.9. The maximum Gasteiger partial charge on any atom is 0.337 e. The molecule has 0 aromatic heterocycles. The minimum atomic E-state index is -0.850. The summed E-state index contributed by atoms with van der Waals surface area (Å²) >= 11 is 0. The average Bonchev–Trinajstić information content (AvgIpc) is 2.69. The van der Waals surface area contributed by atoms with Gasteiger partial charge in [0.15, 0.2) is 0 Å². The number of benzene rings is 1. The molecule has 1 unspecified atom stereocenters. The van der Waals surface area contributed by atoms with Gasteiger partial charge in [-0.3, -0.25) is 9.69 Å². The number of amides is 3. The largest absolute Gasteiger partial charge is 0.465 e. The molecule has 1 aliphatic heterocycles. The Hall–Kier alpha value is -2.37. The number of carbonyl (C=O) groups excluding carboxylic acids is 3. The molecule has 6 nitrogen and oxygen atoms in total. The summed E-state index contributed by atoms with van der Waals surface area (Å²) in [6.45, 7) is 5.96. The summed E-state index contributed by atoms with van der Waals surface area (Å²) < 4.78 is 4.64. The third-order valence-corrected chi connectivity index (χ3v) is 3.88. The fraction of sp³-hybridized carbons (Fsp3) is 0.471. The number of urea groups is 1. The maximum absolute atomic E-state index is 12.6. The summed E-state index contributed by atoms with van der Waals surface area (Å²) in [5, 5.41) is 2.78. The first-order chi connectivity index (χ1) is 10.8. The van der Waals surface area contributed by atoms with E-state index < -0.39 is 11.5 Å². The molecule has 1 fully saturated rings. The third-order valence-electron chi connectivity index (χ3n) is 3.88. The fourth-order valence-corrected chi connectivity index (χ4v) is 2.89. The highest BCUT2D eigenvalue weighted by atomic mass is 16.5. The molecule has 1 aromatic rings. The van der Waals surface area contributed by atoms with E-state index >= 15 is 0 Å². The smallest absolute Gasteiger partial charge is 0.337 e. The van der Waals surface area contributed by atoms with Crippen LogP contribution in [-0.2, 0) is 16.1 Å².